The second kappa shape index (κ2) is 8.20. The minimum absolute atomic E-state index is 0.480. The first-order chi connectivity index (χ1) is 13.8. The molecule has 0 aromatic carbocycles. The van der Waals surface area contributed by atoms with Crippen molar-refractivity contribution < 1.29 is 0 Å². The Kier molecular flexibility index (Phi) is 6.14. The predicted octanol–water partition coefficient (Wildman–Crippen LogP) is 8.83. The fourth-order valence-electron chi connectivity index (χ4n) is 9.04. The quantitative estimate of drug-likeness (QED) is 0.420. The molecule has 8 atom stereocenters. The second-order valence-corrected chi connectivity index (χ2v) is 12.4. The molecular weight excluding hydrogens is 348 g/mol. The Bertz CT molecular complexity index is 638. The van der Waals surface area contributed by atoms with E-state index >= 15 is 0 Å². The molecule has 4 rings (SSSR count). The average molecular weight is 397 g/mol. The van der Waals surface area contributed by atoms with E-state index < -0.39 is 0 Å². The van der Waals surface area contributed by atoms with Crippen molar-refractivity contribution >= 4 is 0 Å². The topological polar surface area (TPSA) is 0 Å². The standard InChI is InChI=1S/C29H48/c1-7-22(20(2)3)12-11-21(4)25-15-16-26-24-14-13-23-10-8-9-18-28(23,5)27(24)17-19-29(25,26)6/h8-10,20-22,24-27H,7,11-19H2,1-6H3/t21-,22-,24+,25-,26+,27+,28+,29-/m1/s1. The summed E-state index contributed by atoms with van der Waals surface area (Å²) >= 11 is 0. The first kappa shape index (κ1) is 21.7. The maximum absolute atomic E-state index is 2.73. The van der Waals surface area contributed by atoms with Crippen molar-refractivity contribution in [3.05, 3.63) is 23.8 Å². The van der Waals surface area contributed by atoms with E-state index in [-0.39, 0.29) is 0 Å². The van der Waals surface area contributed by atoms with Crippen LogP contribution in [0.25, 0.3) is 0 Å². The third-order valence-corrected chi connectivity index (χ3v) is 10.9. The van der Waals surface area contributed by atoms with E-state index in [1.807, 2.05) is 0 Å². The Morgan fingerprint density at radius 3 is 2.52 bits per heavy atom. The molecule has 0 radical (unpaired) electrons. The maximum Gasteiger partial charge on any atom is -0.00477 e. The molecule has 0 amide bonds. The van der Waals surface area contributed by atoms with Crippen LogP contribution in [0, 0.1) is 52.3 Å². The van der Waals surface area contributed by atoms with Gasteiger partial charge in [-0.1, -0.05) is 78.2 Å². The molecule has 0 heteroatoms. The normalized spacial score (nSPS) is 43.3. The summed E-state index contributed by atoms with van der Waals surface area (Å²) in [5, 5.41) is 0. The highest BCUT2D eigenvalue weighted by Gasteiger charge is 2.58. The largest absolute Gasteiger partial charge is 0.0837 e. The lowest BCUT2D eigenvalue weighted by Crippen LogP contribution is -2.50. The first-order valence-corrected chi connectivity index (χ1v) is 13.2. The lowest BCUT2D eigenvalue weighted by Gasteiger charge is -2.58. The number of allylic oxidation sites excluding steroid dienone is 4. The molecule has 0 aromatic heterocycles. The van der Waals surface area contributed by atoms with Crippen LogP contribution >= 0.6 is 0 Å². The van der Waals surface area contributed by atoms with Crippen molar-refractivity contribution in [2.75, 3.05) is 0 Å². The summed E-state index contributed by atoms with van der Waals surface area (Å²) in [6.07, 6.45) is 21.7. The van der Waals surface area contributed by atoms with Crippen molar-refractivity contribution in [2.24, 2.45) is 52.3 Å². The predicted molar refractivity (Wildman–Crippen MR) is 127 cm³/mol. The lowest BCUT2D eigenvalue weighted by molar-refractivity contribution is -0.0550. The Morgan fingerprint density at radius 1 is 1.00 bits per heavy atom. The molecule has 0 aromatic rings. The summed E-state index contributed by atoms with van der Waals surface area (Å²) in [6, 6.07) is 0. The van der Waals surface area contributed by atoms with Gasteiger partial charge in [0.15, 0.2) is 0 Å². The van der Waals surface area contributed by atoms with Crippen molar-refractivity contribution in [2.45, 2.75) is 106 Å². The molecule has 0 N–H and O–H groups in total. The van der Waals surface area contributed by atoms with Gasteiger partial charge in [0, 0.05) is 0 Å². The molecule has 4 aliphatic carbocycles. The third-order valence-electron chi connectivity index (χ3n) is 10.9. The van der Waals surface area contributed by atoms with Crippen LogP contribution in [0.4, 0.5) is 0 Å². The Morgan fingerprint density at radius 2 is 1.79 bits per heavy atom. The summed E-state index contributed by atoms with van der Waals surface area (Å²) < 4.78 is 0. The fraction of sp³-hybridized carbons (Fsp3) is 0.862. The van der Waals surface area contributed by atoms with E-state index in [4.69, 9.17) is 0 Å². The van der Waals surface area contributed by atoms with Gasteiger partial charge in [0.2, 0.25) is 0 Å². The van der Waals surface area contributed by atoms with E-state index in [1.165, 1.54) is 64.2 Å². The van der Waals surface area contributed by atoms with Crippen molar-refractivity contribution in [1.29, 1.82) is 0 Å². The van der Waals surface area contributed by atoms with E-state index in [1.54, 1.807) is 5.57 Å². The minimum Gasteiger partial charge on any atom is -0.0837 e. The van der Waals surface area contributed by atoms with Gasteiger partial charge in [-0.25, -0.2) is 0 Å². The molecule has 3 fully saturated rings. The third kappa shape index (κ3) is 3.59. The lowest BCUT2D eigenvalue weighted by atomic mass is 9.47. The zero-order valence-corrected chi connectivity index (χ0v) is 20.3. The van der Waals surface area contributed by atoms with Crippen molar-refractivity contribution in [1.82, 2.24) is 0 Å². The summed E-state index contributed by atoms with van der Waals surface area (Å²) in [7, 11) is 0. The van der Waals surface area contributed by atoms with E-state index in [0.29, 0.717) is 10.8 Å². The maximum atomic E-state index is 2.73. The fourth-order valence-corrected chi connectivity index (χ4v) is 9.04. The van der Waals surface area contributed by atoms with Gasteiger partial charge in [-0.15, -0.1) is 0 Å². The van der Waals surface area contributed by atoms with Gasteiger partial charge in [-0.3, -0.25) is 0 Å². The van der Waals surface area contributed by atoms with Crippen molar-refractivity contribution in [3.8, 4) is 0 Å². The number of rotatable bonds is 6. The van der Waals surface area contributed by atoms with E-state index in [2.05, 4.69) is 59.8 Å². The second-order valence-electron chi connectivity index (χ2n) is 12.4. The SMILES string of the molecule is CC[C@H](CC[C@@H](C)[C@H]1CC[C@H]2[C@@H]3CCC4=CC=CC[C@]4(C)[C@H]3CC[C@]12C)C(C)C. The van der Waals surface area contributed by atoms with Gasteiger partial charge < -0.3 is 0 Å². The zero-order valence-electron chi connectivity index (χ0n) is 20.3. The molecule has 4 aliphatic rings. The molecule has 0 aliphatic heterocycles. The molecule has 0 heterocycles. The van der Waals surface area contributed by atoms with Gasteiger partial charge in [0.25, 0.3) is 0 Å². The summed E-state index contributed by atoms with van der Waals surface area (Å²) in [4.78, 5) is 0. The van der Waals surface area contributed by atoms with Crippen LogP contribution in [0.1, 0.15) is 106 Å². The van der Waals surface area contributed by atoms with Gasteiger partial charge in [-0.2, -0.15) is 0 Å². The number of hydrogen-bond donors (Lipinski definition) is 0. The van der Waals surface area contributed by atoms with Gasteiger partial charge >= 0.3 is 0 Å². The molecule has 0 saturated heterocycles. The van der Waals surface area contributed by atoms with E-state index in [9.17, 15) is 0 Å². The van der Waals surface area contributed by atoms with Crippen LogP contribution in [0.3, 0.4) is 0 Å². The van der Waals surface area contributed by atoms with Crippen LogP contribution < -0.4 is 0 Å². The molecule has 0 nitrogen and oxygen atoms in total. The average Bonchev–Trinajstić information content (AvgIpc) is 3.05. The monoisotopic (exact) mass is 396 g/mol. The summed E-state index contributed by atoms with van der Waals surface area (Å²) in [5.41, 5.74) is 2.89. The molecule has 0 unspecified atom stereocenters. The highest BCUT2D eigenvalue weighted by molar-refractivity contribution is 5.30. The smallest absolute Gasteiger partial charge is 0.00477 e. The zero-order chi connectivity index (χ0) is 20.8. The Hall–Kier alpha value is -0.520. The van der Waals surface area contributed by atoms with Gasteiger partial charge in [0.05, 0.1) is 0 Å². The highest BCUT2D eigenvalue weighted by Crippen LogP contribution is 2.67. The first-order valence-electron chi connectivity index (χ1n) is 13.2. The Balaban J connectivity index is 1.47. The van der Waals surface area contributed by atoms with Gasteiger partial charge in [-0.05, 0) is 104 Å². The number of hydrogen-bond acceptors (Lipinski definition) is 0. The molecule has 29 heavy (non-hydrogen) atoms. The van der Waals surface area contributed by atoms with Crippen LogP contribution in [0.5, 0.6) is 0 Å². The van der Waals surface area contributed by atoms with Crippen molar-refractivity contribution in [3.63, 3.8) is 0 Å². The molecule has 0 spiro atoms. The molecule has 3 saturated carbocycles. The van der Waals surface area contributed by atoms with E-state index in [0.717, 1.165) is 41.4 Å². The highest BCUT2D eigenvalue weighted by atomic mass is 14.6. The molecular formula is C29H48. The van der Waals surface area contributed by atoms with Crippen LogP contribution in [0.2, 0.25) is 0 Å². The molecule has 0 bridgehead atoms. The molecule has 164 valence electrons. The van der Waals surface area contributed by atoms with Crippen LogP contribution in [-0.2, 0) is 0 Å². The van der Waals surface area contributed by atoms with Crippen LogP contribution in [0.15, 0.2) is 23.8 Å². The summed E-state index contributed by atoms with van der Waals surface area (Å²) in [5.74, 6) is 6.63. The summed E-state index contributed by atoms with van der Waals surface area (Å²) in [6.45, 7) is 15.2. The minimum atomic E-state index is 0.480. The Labute approximate surface area is 182 Å². The number of fused-ring (bicyclic) bond motifs is 5. The van der Waals surface area contributed by atoms with Gasteiger partial charge in [0.1, 0.15) is 0 Å². The van der Waals surface area contributed by atoms with Crippen LogP contribution in [-0.4, -0.2) is 0 Å².